The van der Waals surface area contributed by atoms with Gasteiger partial charge >= 0.3 is 12.1 Å². The highest BCUT2D eigenvalue weighted by molar-refractivity contribution is 7.80. The number of fused-ring (bicyclic) bond motifs is 1. The summed E-state index contributed by atoms with van der Waals surface area (Å²) in [5.41, 5.74) is 1.42. The number of carbonyl (C=O) groups is 1. The SMILES string of the molecule is COC(=O)c1c(NC(=S)NCCCn2nc(C(F)(F)F)cc2C2CC2)sc2c1CCC(C)C2. The molecule has 2 aromatic heterocycles. The number of nitrogens with one attached hydrogen (secondary N) is 2. The molecule has 0 bridgehead atoms. The molecule has 2 aliphatic carbocycles. The van der Waals surface area contributed by atoms with Crippen LogP contribution in [0.15, 0.2) is 6.07 Å². The van der Waals surface area contributed by atoms with E-state index in [1.54, 1.807) is 0 Å². The molecular weight excluding hydrogens is 473 g/mol. The van der Waals surface area contributed by atoms with Crippen LogP contribution in [0.5, 0.6) is 0 Å². The maximum Gasteiger partial charge on any atom is 0.435 e. The molecule has 33 heavy (non-hydrogen) atoms. The highest BCUT2D eigenvalue weighted by Crippen LogP contribution is 2.42. The van der Waals surface area contributed by atoms with Crippen LogP contribution in [0.2, 0.25) is 0 Å². The van der Waals surface area contributed by atoms with Crippen molar-refractivity contribution in [3.8, 4) is 0 Å². The van der Waals surface area contributed by atoms with Gasteiger partial charge in [0.2, 0.25) is 0 Å². The molecule has 6 nitrogen and oxygen atoms in total. The average molecular weight is 501 g/mol. The molecule has 2 aromatic rings. The van der Waals surface area contributed by atoms with Crippen LogP contribution in [-0.4, -0.2) is 34.5 Å². The summed E-state index contributed by atoms with van der Waals surface area (Å²) < 4.78 is 45.6. The normalized spacial score (nSPS) is 18.0. The largest absolute Gasteiger partial charge is 0.465 e. The van der Waals surface area contributed by atoms with Gasteiger partial charge in [0.15, 0.2) is 10.8 Å². The van der Waals surface area contributed by atoms with E-state index in [1.165, 1.54) is 34.1 Å². The lowest BCUT2D eigenvalue weighted by atomic mass is 9.88. The maximum absolute atomic E-state index is 13.0. The van der Waals surface area contributed by atoms with Gasteiger partial charge in [-0.05, 0) is 68.3 Å². The van der Waals surface area contributed by atoms with E-state index in [4.69, 9.17) is 17.0 Å². The Balaban J connectivity index is 1.34. The molecule has 0 spiro atoms. The standard InChI is InChI=1S/C22H27F3N4O2S2/c1-12-4-7-14-16(10-12)33-19(18(14)20(30)31-2)27-21(32)26-8-3-9-29-15(13-5-6-13)11-17(28-29)22(23,24)25/h11-13H,3-10H2,1-2H3,(H2,26,27,32). The van der Waals surface area contributed by atoms with Crippen molar-refractivity contribution in [1.82, 2.24) is 15.1 Å². The fraction of sp³-hybridized carbons (Fsp3) is 0.591. The average Bonchev–Trinajstić information content (AvgIpc) is 3.40. The maximum atomic E-state index is 13.0. The summed E-state index contributed by atoms with van der Waals surface area (Å²) in [6, 6.07) is 1.17. The van der Waals surface area contributed by atoms with Crippen LogP contribution in [0.25, 0.3) is 0 Å². The van der Waals surface area contributed by atoms with Crippen LogP contribution in [0, 0.1) is 5.92 Å². The zero-order valence-corrected chi connectivity index (χ0v) is 20.2. The molecular formula is C22H27F3N4O2S2. The van der Waals surface area contributed by atoms with Gasteiger partial charge in [0.1, 0.15) is 5.00 Å². The number of halogens is 3. The minimum atomic E-state index is -4.44. The second-order valence-corrected chi connectivity index (χ2v) is 10.2. The Labute approximate surface area is 199 Å². The van der Waals surface area contributed by atoms with Crippen molar-refractivity contribution < 1.29 is 22.7 Å². The number of anilines is 1. The lowest BCUT2D eigenvalue weighted by Crippen LogP contribution is -2.30. The first-order valence-electron chi connectivity index (χ1n) is 11.1. The Bertz CT molecular complexity index is 1040. The number of carbonyl (C=O) groups excluding carboxylic acids is 1. The topological polar surface area (TPSA) is 68.2 Å². The van der Waals surface area contributed by atoms with Gasteiger partial charge in [-0.1, -0.05) is 6.92 Å². The molecule has 1 atom stereocenters. The number of aryl methyl sites for hydroxylation is 1. The van der Waals surface area contributed by atoms with Gasteiger partial charge in [0, 0.05) is 29.6 Å². The molecule has 2 N–H and O–H groups in total. The molecule has 0 aliphatic heterocycles. The third-order valence-electron chi connectivity index (χ3n) is 6.06. The number of hydrogen-bond donors (Lipinski definition) is 2. The third-order valence-corrected chi connectivity index (χ3v) is 7.47. The third kappa shape index (κ3) is 5.51. The van der Waals surface area contributed by atoms with E-state index in [0.717, 1.165) is 37.7 Å². The van der Waals surface area contributed by atoms with Crippen LogP contribution in [0.1, 0.15) is 70.7 Å². The van der Waals surface area contributed by atoms with E-state index in [0.29, 0.717) is 46.8 Å². The molecule has 2 aliphatic rings. The van der Waals surface area contributed by atoms with Crippen molar-refractivity contribution in [2.75, 3.05) is 19.0 Å². The summed E-state index contributed by atoms with van der Waals surface area (Å²) in [5.74, 6) is 0.369. The minimum Gasteiger partial charge on any atom is -0.465 e. The number of esters is 1. The lowest BCUT2D eigenvalue weighted by molar-refractivity contribution is -0.141. The van der Waals surface area contributed by atoms with E-state index in [1.807, 2.05) is 0 Å². The Morgan fingerprint density at radius 1 is 1.36 bits per heavy atom. The lowest BCUT2D eigenvalue weighted by Gasteiger charge is -2.18. The number of alkyl halides is 3. The predicted octanol–water partition coefficient (Wildman–Crippen LogP) is 5.13. The van der Waals surface area contributed by atoms with Crippen LogP contribution in [0.4, 0.5) is 18.2 Å². The number of ether oxygens (including phenoxy) is 1. The van der Waals surface area contributed by atoms with Gasteiger partial charge < -0.3 is 15.4 Å². The van der Waals surface area contributed by atoms with Gasteiger partial charge in [-0.3, -0.25) is 4.68 Å². The van der Waals surface area contributed by atoms with Crippen molar-refractivity contribution in [2.45, 2.75) is 64.1 Å². The molecule has 0 amide bonds. The smallest absolute Gasteiger partial charge is 0.435 e. The van der Waals surface area contributed by atoms with Gasteiger partial charge in [-0.2, -0.15) is 18.3 Å². The van der Waals surface area contributed by atoms with Crippen LogP contribution < -0.4 is 10.6 Å². The van der Waals surface area contributed by atoms with Gasteiger partial charge in [0.05, 0.1) is 12.7 Å². The molecule has 0 radical (unpaired) electrons. The Morgan fingerprint density at radius 3 is 2.79 bits per heavy atom. The van der Waals surface area contributed by atoms with E-state index in [9.17, 15) is 18.0 Å². The second kappa shape index (κ2) is 9.61. The zero-order valence-electron chi connectivity index (χ0n) is 18.6. The molecule has 0 saturated heterocycles. The van der Waals surface area contributed by atoms with E-state index in [-0.39, 0.29) is 11.9 Å². The number of nitrogens with zero attached hydrogens (tertiary/aromatic N) is 2. The molecule has 1 unspecified atom stereocenters. The summed E-state index contributed by atoms with van der Waals surface area (Å²) in [6.45, 7) is 3.04. The molecule has 180 valence electrons. The molecule has 4 rings (SSSR count). The molecule has 1 saturated carbocycles. The number of hydrogen-bond acceptors (Lipinski definition) is 5. The van der Waals surface area contributed by atoms with Gasteiger partial charge in [-0.15, -0.1) is 11.3 Å². The van der Waals surface area contributed by atoms with Gasteiger partial charge in [-0.25, -0.2) is 4.79 Å². The summed E-state index contributed by atoms with van der Waals surface area (Å²) in [4.78, 5) is 13.6. The number of thiocarbonyl (C=S) groups is 1. The first-order chi connectivity index (χ1) is 15.7. The number of aromatic nitrogens is 2. The van der Waals surface area contributed by atoms with Crippen LogP contribution in [0.3, 0.4) is 0 Å². The Kier molecular flexibility index (Phi) is 6.99. The fourth-order valence-corrected chi connectivity index (χ4v) is 5.86. The van der Waals surface area contributed by atoms with Crippen molar-refractivity contribution in [2.24, 2.45) is 5.92 Å². The number of methoxy groups -OCH3 is 1. The fourth-order valence-electron chi connectivity index (χ4n) is 4.19. The van der Waals surface area contributed by atoms with E-state index >= 15 is 0 Å². The first-order valence-corrected chi connectivity index (χ1v) is 12.3. The Hall–Kier alpha value is -2.14. The predicted molar refractivity (Wildman–Crippen MR) is 125 cm³/mol. The highest BCUT2D eigenvalue weighted by atomic mass is 32.1. The van der Waals surface area contributed by atoms with Gasteiger partial charge in [0.25, 0.3) is 0 Å². The molecule has 0 aromatic carbocycles. The molecule has 1 fully saturated rings. The number of rotatable bonds is 7. The van der Waals surface area contributed by atoms with Crippen molar-refractivity contribution in [3.05, 3.63) is 33.5 Å². The monoisotopic (exact) mass is 500 g/mol. The summed E-state index contributed by atoms with van der Waals surface area (Å²) in [5, 5.41) is 11.0. The summed E-state index contributed by atoms with van der Waals surface area (Å²) >= 11 is 6.93. The highest BCUT2D eigenvalue weighted by Gasteiger charge is 2.37. The quantitative estimate of drug-likeness (QED) is 0.312. The summed E-state index contributed by atoms with van der Waals surface area (Å²) in [7, 11) is 1.37. The van der Waals surface area contributed by atoms with Crippen LogP contribution >= 0.6 is 23.6 Å². The number of thiophene rings is 1. The van der Waals surface area contributed by atoms with Crippen molar-refractivity contribution in [1.29, 1.82) is 0 Å². The second-order valence-electron chi connectivity index (χ2n) is 8.73. The molecule has 2 heterocycles. The minimum absolute atomic E-state index is 0.175. The van der Waals surface area contributed by atoms with E-state index < -0.39 is 11.9 Å². The van der Waals surface area contributed by atoms with E-state index in [2.05, 4.69) is 22.7 Å². The zero-order chi connectivity index (χ0) is 23.8. The van der Waals surface area contributed by atoms with Crippen LogP contribution in [-0.2, 0) is 30.3 Å². The van der Waals surface area contributed by atoms with Crippen molar-refractivity contribution in [3.63, 3.8) is 0 Å². The summed E-state index contributed by atoms with van der Waals surface area (Å²) in [6.07, 6.45) is 0.729. The van der Waals surface area contributed by atoms with Crippen molar-refractivity contribution >= 4 is 39.6 Å². The molecule has 11 heteroatoms. The first kappa shape index (κ1) is 24.0. The Morgan fingerprint density at radius 2 is 2.12 bits per heavy atom.